The van der Waals surface area contributed by atoms with Crippen LogP contribution in [0.2, 0.25) is 0 Å². The average Bonchev–Trinajstić information content (AvgIpc) is 0.775. The normalized spacial score (nSPS) is 20.6. The molecule has 0 saturated carbocycles. The van der Waals surface area contributed by atoms with Crippen LogP contribution in [0.4, 0.5) is 0 Å². The van der Waals surface area contributed by atoms with E-state index in [2.05, 4.69) is 17.3 Å². The number of unbranched alkanes of at least 4 members (excludes halogenated alkanes) is 5. The van der Waals surface area contributed by atoms with Gasteiger partial charge in [0.2, 0.25) is 0 Å². The van der Waals surface area contributed by atoms with Gasteiger partial charge in [0, 0.05) is 156 Å². The molecule has 41 heteroatoms. The third-order valence-corrected chi connectivity index (χ3v) is 20.3. The summed E-state index contributed by atoms with van der Waals surface area (Å²) in [7, 11) is -4.59. The molecule has 0 aromatic heterocycles. The lowest BCUT2D eigenvalue weighted by molar-refractivity contribution is -0.254. The van der Waals surface area contributed by atoms with Gasteiger partial charge in [-0.1, -0.05) is 92.3 Å². The first-order valence-corrected chi connectivity index (χ1v) is 45.5. The van der Waals surface area contributed by atoms with Crippen LogP contribution in [0.5, 0.6) is 0 Å². The van der Waals surface area contributed by atoms with Crippen LogP contribution in [0, 0.1) is 5.92 Å². The molecule has 2 aliphatic rings. The van der Waals surface area contributed by atoms with Gasteiger partial charge >= 0.3 is 112 Å². The zero-order valence-electron chi connectivity index (χ0n) is 80.2. The van der Waals surface area contributed by atoms with Crippen molar-refractivity contribution in [1.29, 1.82) is 0 Å². The fourth-order valence-corrected chi connectivity index (χ4v) is 15.3. The Kier molecular flexibility index (Phi) is 55.7. The van der Waals surface area contributed by atoms with Crippen molar-refractivity contribution in [2.24, 2.45) is 5.92 Å². The predicted molar refractivity (Wildman–Crippen MR) is 475 cm³/mol. The number of carbonyl (C=O) groups is 17. The zero-order chi connectivity index (χ0) is 102. The maximum absolute atomic E-state index is 13.6. The molecule has 22 atom stereocenters. The lowest BCUT2D eigenvalue weighted by Crippen LogP contribution is -2.62. The Bertz CT molecular complexity index is 4320. The Balaban J connectivity index is 2.95. The van der Waals surface area contributed by atoms with Gasteiger partial charge in [-0.3, -0.25) is 86.1 Å². The highest BCUT2D eigenvalue weighted by molar-refractivity contribution is 7.80. The van der Waals surface area contributed by atoms with Crippen LogP contribution in [0.3, 0.4) is 0 Å². The van der Waals surface area contributed by atoms with Gasteiger partial charge in [-0.15, -0.1) is 6.58 Å². The molecule has 0 radical (unpaired) electrons. The quantitative estimate of drug-likeness (QED) is 0.0148. The highest BCUT2D eigenvalue weighted by atomic mass is 32.3. The van der Waals surface area contributed by atoms with Gasteiger partial charge in [0.25, 0.3) is 0 Å². The molecule has 2 aliphatic heterocycles. The second kappa shape index (κ2) is 62.9. The van der Waals surface area contributed by atoms with E-state index in [0.29, 0.717) is 38.5 Å². The molecule has 2 fully saturated rings. The minimum absolute atomic E-state index is 0.0756. The minimum Gasteiger partial charge on any atom is -0.462 e. The van der Waals surface area contributed by atoms with Crippen molar-refractivity contribution in [2.45, 2.75) is 369 Å². The van der Waals surface area contributed by atoms with E-state index >= 15 is 0 Å². The molecule has 2 heterocycles. The second-order valence-electron chi connectivity index (χ2n) is 32.0. The summed E-state index contributed by atoms with van der Waals surface area (Å²) < 4.78 is 148. The van der Waals surface area contributed by atoms with Crippen molar-refractivity contribution in [3.05, 3.63) is 109 Å². The lowest BCUT2D eigenvalue weighted by atomic mass is 9.86. The van der Waals surface area contributed by atoms with E-state index in [9.17, 15) is 89.9 Å². The number of rotatable bonds is 59. The molecule has 4 unspecified atom stereocenters. The van der Waals surface area contributed by atoms with Crippen molar-refractivity contribution >= 4 is 112 Å². The van der Waals surface area contributed by atoms with Crippen LogP contribution >= 0.6 is 0 Å². The minimum atomic E-state index is -4.59. The summed E-state index contributed by atoms with van der Waals surface area (Å²) in [6.07, 6.45) is -8.89. The van der Waals surface area contributed by atoms with Crippen LogP contribution in [0.15, 0.2) is 109 Å². The topological polar surface area (TPSA) is 529 Å². The number of ether oxygens (including phenoxy) is 19. The molecule has 0 spiro atoms. The van der Waals surface area contributed by atoms with Crippen LogP contribution < -0.4 is 0 Å². The summed E-state index contributed by atoms with van der Waals surface area (Å²) >= 11 is 0. The molecule has 0 aromatic rings. The third-order valence-electron chi connectivity index (χ3n) is 19.8. The summed E-state index contributed by atoms with van der Waals surface area (Å²) in [5.74, 6) is -17.3. The maximum Gasteiger partial charge on any atom is 0.397 e. The highest BCUT2D eigenvalue weighted by Gasteiger charge is 2.56. The lowest BCUT2D eigenvalue weighted by Gasteiger charge is -2.46. The van der Waals surface area contributed by atoms with Gasteiger partial charge in [-0.25, -0.2) is 4.18 Å². The van der Waals surface area contributed by atoms with Gasteiger partial charge in [0.05, 0.1) is 12.7 Å². The summed E-state index contributed by atoms with van der Waals surface area (Å²) in [6, 6.07) is 0. The molecule has 135 heavy (non-hydrogen) atoms. The average molecular weight is 1940 g/mol. The standard InChI is InChI=1S/C94H134O40S/c1-22-23-24-25-26-27-28-29-30-31-34-37-43-78(120-61(9)99)88(128-69(17)107)93-92(132-73(21)111)83(124-65(13)103)53-84(134-93)89(129-70(18)108)85(125-66(14)104)55(3)46-48-76(118-59(7)97)79-52-82(123-64(12)102)91(131-72(20)110)94(133-79)90(130-71(19)109)80(121-62(10)100)50-54(2)45-47-75(117-58(6)96)51-81(122-63(11)101)87(127-68(16)106)56(4)86(126-67(15)105)77(119-60(8)98)44-39-38-42-74(116-57(5)95)41-36-33-32-35-40-49-115-135(112,113)114/h22,25-30,36-39,41,43,50,56,74-94H,1,3,23-24,31-35,40,42,44-49,51-53H2,2,4-21H3,(H,112,113,114)/b26-25+,28-27+,30-29+,39-38+,41-36+,43-37+,54-50+/t56?,74?,75-,76+,77?,78+,79+,80+,81-,82+,83+,84+,85-,86?,87+,88-,89-,90-,91+,92+,93-,94-/m0/s1. The maximum atomic E-state index is 13.6. The number of hydrogen-bond acceptors (Lipinski definition) is 39. The number of esters is 17. The molecular weight excluding hydrogens is 1800 g/mol. The Hall–Kier alpha value is -11.6. The molecule has 0 aliphatic carbocycles. The SMILES string of the molecule is C=CCC/C=C/C=C/C=C/CC/C=C/[C@@H](OC(C)=O)[C@H](OC(C)=O)[C@@H]1O[C@@H]([C@H](OC(C)=O)[C@@H](OC(C)=O)C(=C)CC[C@@H](OC(C)=O)[C@H]2C[C@@H](OC(C)=O)[C@@H](OC(C)=O)[C@H]([C@@H](OC(C)=O)[C@@H](/C=C(\C)CC[C@@H](C[C@H](OC(C)=O)[C@H](OC(C)=O)C(C)C(OC(C)=O)C(C/C=C/CC(/C=C/CCCCCOS(=O)(=O)O)OC(C)=O)OC(C)=O)OC(C)=O)OC(C)=O)O2)C[C@@H](OC(C)=O)[C@H]1OC(C)=O. The van der Waals surface area contributed by atoms with Crippen LogP contribution in [-0.2, 0) is 186 Å². The van der Waals surface area contributed by atoms with Crippen molar-refractivity contribution in [3.63, 3.8) is 0 Å². The molecule has 1 N–H and O–H groups in total. The van der Waals surface area contributed by atoms with Gasteiger partial charge in [0.15, 0.2) is 48.8 Å². The predicted octanol–water partition coefficient (Wildman–Crippen LogP) is 10.5. The summed E-state index contributed by atoms with van der Waals surface area (Å²) in [6.45, 7) is 28.1. The number of hydrogen-bond donors (Lipinski definition) is 1. The fourth-order valence-electron chi connectivity index (χ4n) is 15.0. The van der Waals surface area contributed by atoms with E-state index in [-0.39, 0.29) is 43.4 Å². The zero-order valence-corrected chi connectivity index (χ0v) is 81.0. The van der Waals surface area contributed by atoms with Gasteiger partial charge in [-0.2, -0.15) is 8.42 Å². The highest BCUT2D eigenvalue weighted by Crippen LogP contribution is 2.40. The van der Waals surface area contributed by atoms with Crippen molar-refractivity contribution in [2.75, 3.05) is 6.61 Å². The first kappa shape index (κ1) is 120. The fraction of sp³-hybridized carbons (Fsp3) is 0.628. The molecular formula is C94H134O40S. The van der Waals surface area contributed by atoms with E-state index in [1.807, 2.05) is 36.5 Å². The summed E-state index contributed by atoms with van der Waals surface area (Å²) in [4.78, 5) is 225. The molecule has 40 nitrogen and oxygen atoms in total. The van der Waals surface area contributed by atoms with Crippen molar-refractivity contribution in [3.8, 4) is 0 Å². The summed E-state index contributed by atoms with van der Waals surface area (Å²) in [5.41, 5.74) is 0.110. The van der Waals surface area contributed by atoms with Gasteiger partial charge < -0.3 is 90.0 Å². The van der Waals surface area contributed by atoms with E-state index in [4.69, 9.17) is 94.6 Å². The van der Waals surface area contributed by atoms with E-state index in [0.717, 1.165) is 124 Å². The van der Waals surface area contributed by atoms with Gasteiger partial charge in [-0.05, 0) is 101 Å². The molecule has 0 amide bonds. The van der Waals surface area contributed by atoms with E-state index < -0.39 is 278 Å². The molecule has 2 saturated heterocycles. The van der Waals surface area contributed by atoms with Crippen LogP contribution in [-0.4, -0.2) is 249 Å². The third kappa shape index (κ3) is 50.6. The molecule has 0 aromatic carbocycles. The Morgan fingerprint density at radius 2 is 0.830 bits per heavy atom. The number of allylic oxidation sites excluding steroid dienone is 10. The first-order chi connectivity index (χ1) is 63.3. The molecule has 756 valence electrons. The monoisotopic (exact) mass is 1930 g/mol. The molecule has 0 bridgehead atoms. The molecule has 2 rings (SSSR count). The largest absolute Gasteiger partial charge is 0.462 e. The van der Waals surface area contributed by atoms with Crippen LogP contribution in [0.1, 0.15) is 241 Å². The van der Waals surface area contributed by atoms with Crippen LogP contribution in [0.25, 0.3) is 0 Å². The van der Waals surface area contributed by atoms with Crippen molar-refractivity contribution < 1.29 is 189 Å². The second-order valence-corrected chi connectivity index (χ2v) is 33.1. The van der Waals surface area contributed by atoms with E-state index in [1.165, 1.54) is 32.9 Å². The van der Waals surface area contributed by atoms with Crippen molar-refractivity contribution in [1.82, 2.24) is 0 Å². The number of carbonyl (C=O) groups excluding carboxylic acids is 17. The Morgan fingerprint density at radius 3 is 1.31 bits per heavy atom. The smallest absolute Gasteiger partial charge is 0.397 e. The Morgan fingerprint density at radius 1 is 0.400 bits per heavy atom. The first-order valence-electron chi connectivity index (χ1n) is 44.1. The van der Waals surface area contributed by atoms with Gasteiger partial charge in [0.1, 0.15) is 73.2 Å². The Labute approximate surface area is 787 Å². The summed E-state index contributed by atoms with van der Waals surface area (Å²) in [5, 5.41) is 0. The van der Waals surface area contributed by atoms with E-state index in [1.54, 1.807) is 36.5 Å².